The number of aryl methyl sites for hydroxylation is 1. The molecule has 3 heterocycles. The topological polar surface area (TPSA) is 115 Å². The fourth-order valence-corrected chi connectivity index (χ4v) is 4.92. The lowest BCUT2D eigenvalue weighted by Crippen LogP contribution is -2.47. The lowest BCUT2D eigenvalue weighted by molar-refractivity contribution is -0.117. The van der Waals surface area contributed by atoms with Crippen LogP contribution in [0, 0.1) is 13.8 Å². The zero-order valence-corrected chi connectivity index (χ0v) is 23.3. The number of methoxy groups -OCH3 is 3. The van der Waals surface area contributed by atoms with E-state index in [1.165, 1.54) is 42.5 Å². The average Bonchev–Trinajstić information content (AvgIpc) is 3.27. The number of carbonyl (C=O) groups is 1. The first-order valence-corrected chi connectivity index (χ1v) is 12.9. The van der Waals surface area contributed by atoms with E-state index in [1.807, 2.05) is 6.07 Å². The van der Waals surface area contributed by atoms with E-state index in [2.05, 4.69) is 57.2 Å². The van der Waals surface area contributed by atoms with Crippen LogP contribution in [0.3, 0.4) is 0 Å². The number of nitrogens with zero attached hydrogens (tertiary/aromatic N) is 6. The molecule has 40 heavy (non-hydrogen) atoms. The van der Waals surface area contributed by atoms with Crippen molar-refractivity contribution in [3.8, 4) is 17.2 Å². The van der Waals surface area contributed by atoms with Crippen molar-refractivity contribution in [2.24, 2.45) is 0 Å². The molecule has 12 heteroatoms. The summed E-state index contributed by atoms with van der Waals surface area (Å²) in [5, 5.41) is 7.07. The fraction of sp³-hybridized carbons (Fsp3) is 0.357. The highest BCUT2D eigenvalue weighted by Crippen LogP contribution is 2.39. The molecular weight excluding hydrogens is 514 g/mol. The zero-order valence-electron chi connectivity index (χ0n) is 23.3. The van der Waals surface area contributed by atoms with Crippen LogP contribution < -0.4 is 35.0 Å². The van der Waals surface area contributed by atoms with E-state index in [1.54, 1.807) is 18.3 Å². The van der Waals surface area contributed by atoms with Gasteiger partial charge < -0.3 is 29.3 Å². The summed E-state index contributed by atoms with van der Waals surface area (Å²) >= 11 is 0. The first-order chi connectivity index (χ1) is 19.3. The third kappa shape index (κ3) is 5.12. The van der Waals surface area contributed by atoms with Crippen LogP contribution in [-0.2, 0) is 11.3 Å². The van der Waals surface area contributed by atoms with Gasteiger partial charge in [-0.15, -0.1) is 5.10 Å². The molecule has 2 aromatic carbocycles. The van der Waals surface area contributed by atoms with Crippen molar-refractivity contribution in [1.82, 2.24) is 19.2 Å². The van der Waals surface area contributed by atoms with E-state index < -0.39 is 11.6 Å². The highest BCUT2D eigenvalue weighted by atomic mass is 16.5. The molecule has 0 saturated carbocycles. The molecule has 12 nitrogen and oxygen atoms in total. The summed E-state index contributed by atoms with van der Waals surface area (Å²) in [6.07, 6.45) is 1.65. The molecule has 4 aromatic rings. The van der Waals surface area contributed by atoms with Crippen LogP contribution in [0.4, 0.5) is 17.2 Å². The van der Waals surface area contributed by atoms with Gasteiger partial charge in [0.2, 0.25) is 11.7 Å². The van der Waals surface area contributed by atoms with E-state index >= 15 is 0 Å². The Morgan fingerprint density at radius 1 is 0.950 bits per heavy atom. The number of piperazine rings is 1. The predicted molar refractivity (Wildman–Crippen MR) is 152 cm³/mol. The van der Waals surface area contributed by atoms with Gasteiger partial charge in [-0.3, -0.25) is 4.79 Å². The van der Waals surface area contributed by atoms with Crippen molar-refractivity contribution < 1.29 is 19.0 Å². The van der Waals surface area contributed by atoms with Gasteiger partial charge in [0, 0.05) is 55.9 Å². The third-order valence-corrected chi connectivity index (χ3v) is 7.20. The standard InChI is InChI=1S/C28H33N7O5/c1-18-7-6-8-21(19(18)2)32-11-13-33(14-12-32)24-9-10-34-27(30-24)31-35(28(34)37)17-25(36)29-20-15-22(38-3)26(40-5)23(16-20)39-4/h6-10,15-16H,11-14,17H2,1-5H3,(H,29,36). The fourth-order valence-electron chi connectivity index (χ4n) is 4.92. The number of fused-ring (bicyclic) bond motifs is 1. The highest BCUT2D eigenvalue weighted by Gasteiger charge is 2.21. The minimum absolute atomic E-state index is 0.236. The van der Waals surface area contributed by atoms with E-state index in [9.17, 15) is 9.59 Å². The maximum absolute atomic E-state index is 12.9. The molecule has 0 atom stereocenters. The summed E-state index contributed by atoms with van der Waals surface area (Å²) in [5.74, 6) is 1.74. The van der Waals surface area contributed by atoms with Gasteiger partial charge in [0.1, 0.15) is 12.4 Å². The number of aromatic nitrogens is 4. The molecule has 210 valence electrons. The molecule has 0 radical (unpaired) electrons. The molecule has 1 aliphatic rings. The predicted octanol–water partition coefficient (Wildman–Crippen LogP) is 2.50. The van der Waals surface area contributed by atoms with Crippen molar-refractivity contribution in [2.75, 3.05) is 62.6 Å². The van der Waals surface area contributed by atoms with Gasteiger partial charge in [0.05, 0.1) is 21.3 Å². The summed E-state index contributed by atoms with van der Waals surface area (Å²) in [6, 6.07) is 11.4. The molecule has 1 N–H and O–H groups in total. The summed E-state index contributed by atoms with van der Waals surface area (Å²) in [7, 11) is 4.48. The maximum atomic E-state index is 12.9. The largest absolute Gasteiger partial charge is 0.493 e. The molecule has 1 amide bonds. The van der Waals surface area contributed by atoms with Gasteiger partial charge in [-0.05, 0) is 37.1 Å². The van der Waals surface area contributed by atoms with E-state index in [0.717, 1.165) is 36.7 Å². The van der Waals surface area contributed by atoms with Crippen LogP contribution in [0.2, 0.25) is 0 Å². The summed E-state index contributed by atoms with van der Waals surface area (Å²) in [5.41, 5.74) is 3.82. The number of ether oxygens (including phenoxy) is 3. The Labute approximate surface area is 231 Å². The van der Waals surface area contributed by atoms with Crippen LogP contribution in [-0.4, -0.2) is 72.6 Å². The number of nitrogens with one attached hydrogen (secondary N) is 1. The van der Waals surface area contributed by atoms with Gasteiger partial charge in [-0.2, -0.15) is 4.98 Å². The number of carbonyl (C=O) groups excluding carboxylic acids is 1. The molecule has 0 aliphatic carbocycles. The Balaban J connectivity index is 1.28. The van der Waals surface area contributed by atoms with Crippen molar-refractivity contribution in [1.29, 1.82) is 0 Å². The van der Waals surface area contributed by atoms with Crippen molar-refractivity contribution in [3.63, 3.8) is 0 Å². The average molecular weight is 548 g/mol. The lowest BCUT2D eigenvalue weighted by Gasteiger charge is -2.37. The molecule has 1 aliphatic heterocycles. The maximum Gasteiger partial charge on any atom is 0.352 e. The Morgan fingerprint density at radius 3 is 2.27 bits per heavy atom. The van der Waals surface area contributed by atoms with Crippen molar-refractivity contribution >= 4 is 28.9 Å². The van der Waals surface area contributed by atoms with Crippen LogP contribution in [0.25, 0.3) is 5.78 Å². The number of hydrogen-bond donors (Lipinski definition) is 1. The number of amides is 1. The van der Waals surface area contributed by atoms with Crippen LogP contribution in [0.1, 0.15) is 11.1 Å². The molecule has 2 aromatic heterocycles. The van der Waals surface area contributed by atoms with Crippen LogP contribution >= 0.6 is 0 Å². The molecule has 0 spiro atoms. The Hall–Kier alpha value is -4.74. The molecule has 5 rings (SSSR count). The second kappa shape index (κ2) is 11.2. The van der Waals surface area contributed by atoms with E-state index in [4.69, 9.17) is 14.2 Å². The SMILES string of the molecule is COc1cc(NC(=O)Cn2nc3nc(N4CCN(c5cccc(C)c5C)CC4)ccn3c2=O)cc(OC)c1OC. The molecule has 0 bridgehead atoms. The smallest absolute Gasteiger partial charge is 0.352 e. The second-order valence-electron chi connectivity index (χ2n) is 9.55. The molecule has 1 fully saturated rings. The Bertz CT molecular complexity index is 1580. The van der Waals surface area contributed by atoms with E-state index in [-0.39, 0.29) is 12.3 Å². The number of rotatable bonds is 8. The van der Waals surface area contributed by atoms with Crippen LogP contribution in [0.5, 0.6) is 17.2 Å². The summed E-state index contributed by atoms with van der Waals surface area (Å²) in [6.45, 7) is 7.30. The Kier molecular flexibility index (Phi) is 7.50. The van der Waals surface area contributed by atoms with Crippen molar-refractivity contribution in [3.05, 3.63) is 64.2 Å². The van der Waals surface area contributed by atoms with E-state index in [0.29, 0.717) is 22.9 Å². The monoisotopic (exact) mass is 547 g/mol. The highest BCUT2D eigenvalue weighted by molar-refractivity contribution is 5.91. The quantitative estimate of drug-likeness (QED) is 0.355. The van der Waals surface area contributed by atoms with Gasteiger partial charge in [-0.25, -0.2) is 13.9 Å². The van der Waals surface area contributed by atoms with Gasteiger partial charge in [0.15, 0.2) is 11.5 Å². The van der Waals surface area contributed by atoms with Gasteiger partial charge in [-0.1, -0.05) is 12.1 Å². The minimum atomic E-state index is -0.450. The third-order valence-electron chi connectivity index (χ3n) is 7.20. The molecular formula is C28H33N7O5. The first-order valence-electron chi connectivity index (χ1n) is 12.9. The Morgan fingerprint density at radius 2 is 1.62 bits per heavy atom. The second-order valence-corrected chi connectivity index (χ2v) is 9.55. The summed E-state index contributed by atoms with van der Waals surface area (Å²) in [4.78, 5) is 34.9. The molecule has 0 unspecified atom stereocenters. The number of hydrogen-bond acceptors (Lipinski definition) is 9. The number of anilines is 3. The number of benzene rings is 2. The minimum Gasteiger partial charge on any atom is -0.493 e. The lowest BCUT2D eigenvalue weighted by atomic mass is 10.1. The van der Waals surface area contributed by atoms with Crippen LogP contribution in [0.15, 0.2) is 47.4 Å². The van der Waals surface area contributed by atoms with Crippen molar-refractivity contribution in [2.45, 2.75) is 20.4 Å². The zero-order chi connectivity index (χ0) is 28.4. The van der Waals surface area contributed by atoms with Gasteiger partial charge in [0.25, 0.3) is 5.78 Å². The summed E-state index contributed by atoms with van der Waals surface area (Å²) < 4.78 is 18.4. The first kappa shape index (κ1) is 26.9. The normalized spacial score (nSPS) is 13.4. The van der Waals surface area contributed by atoms with Gasteiger partial charge >= 0.3 is 5.69 Å². The molecule has 1 saturated heterocycles.